The van der Waals surface area contributed by atoms with Crippen LogP contribution in [0.25, 0.3) is 10.9 Å². The summed E-state index contributed by atoms with van der Waals surface area (Å²) in [5, 5.41) is 31.3. The third kappa shape index (κ3) is 14.1. The molecule has 392 valence electrons. The third-order valence-electron chi connectivity index (χ3n) is 13.4. The largest absolute Gasteiger partial charge is 1.00 e. The number of H-pyrrole nitrogens is 1. The van der Waals surface area contributed by atoms with E-state index in [1.165, 1.54) is 0 Å². The molecular weight excluding hydrogens is 946 g/mol. The number of amides is 2. The minimum absolute atomic E-state index is 0. The number of ether oxygens (including phenoxy) is 3. The number of hydrogen-bond donors (Lipinski definition) is 5. The van der Waals surface area contributed by atoms with Gasteiger partial charge in [0.2, 0.25) is 29.7 Å². The summed E-state index contributed by atoms with van der Waals surface area (Å²) < 4.78 is 19.8. The average Bonchev–Trinajstić information content (AvgIpc) is 4.20. The van der Waals surface area contributed by atoms with Gasteiger partial charge in [-0.05, 0) is 29.4 Å². The Morgan fingerprint density at radius 3 is 2.00 bits per heavy atom. The topological polar surface area (TPSA) is 275 Å². The van der Waals surface area contributed by atoms with Gasteiger partial charge in [0.1, 0.15) is 24.4 Å². The van der Waals surface area contributed by atoms with Gasteiger partial charge in [-0.2, -0.15) is 15.0 Å². The maximum Gasteiger partial charge on any atom is 0.248 e. The molecule has 0 saturated carbocycles. The molecule has 2 aliphatic heterocycles. The molecule has 1 aromatic carbocycles. The highest BCUT2D eigenvalue weighted by molar-refractivity contribution is 5.83. The molecule has 24 heteroatoms. The second-order valence-electron chi connectivity index (χ2n) is 18.2. The summed E-state index contributed by atoms with van der Waals surface area (Å²) in [7, 11) is 0. The van der Waals surface area contributed by atoms with Crippen LogP contribution in [-0.4, -0.2) is 182 Å². The molecule has 2 amide bonds. The van der Waals surface area contributed by atoms with Crippen LogP contribution in [0.15, 0.2) is 42.7 Å². The van der Waals surface area contributed by atoms with E-state index >= 15 is 0 Å². The predicted octanol–water partition coefficient (Wildman–Crippen LogP) is -1.26. The Kier molecular flexibility index (Phi) is 20.9. The highest BCUT2D eigenvalue weighted by atomic mass is 35.5. The van der Waals surface area contributed by atoms with Crippen molar-refractivity contribution in [2.24, 2.45) is 23.3 Å². The molecule has 0 spiro atoms. The third-order valence-corrected chi connectivity index (χ3v) is 13.4. The van der Waals surface area contributed by atoms with Crippen LogP contribution in [0.5, 0.6) is 0 Å². The number of nitrogens with two attached hydrogens (primary N) is 2. The molecule has 5 aromatic rings. The number of carbonyl (C=O) groups excluding carboxylic acids is 2. The van der Waals surface area contributed by atoms with Crippen LogP contribution in [-0.2, 0) is 30.2 Å². The standard InChI is InChI=1S/C48H71N17O6.ClH/c1-6-22-69-24-26-71-27-25-70-23-13-51-46-53-47(55-48(54-46)63-20-16-61(17-21-63)45(68)43(34(5)8-3)65-30-39(56-59-65)37(49)32-66)62-18-14-60(15-19-62)44(67)41(29-36-28-35-11-9-10-12-38(35)52-36)64-31-40(57-58-64)42(50)33(4)7-2;/h1,9-12,28,30-31,33-34,37,41-43,52,66H,7-8,13-27,29,32,49-50H2,2-5H3,(H,51,53,54,55);1H/p-1. The summed E-state index contributed by atoms with van der Waals surface area (Å²) in [4.78, 5) is 54.9. The van der Waals surface area contributed by atoms with Gasteiger partial charge in [0.25, 0.3) is 0 Å². The summed E-state index contributed by atoms with van der Waals surface area (Å²) in [6.07, 6.45) is 10.7. The zero-order chi connectivity index (χ0) is 50.3. The molecule has 2 fully saturated rings. The van der Waals surface area contributed by atoms with Crippen LogP contribution in [0, 0.1) is 24.2 Å². The monoisotopic (exact) mass is 1020 g/mol. The molecule has 2 aliphatic rings. The number of hydrogen-bond acceptors (Lipinski definition) is 18. The van der Waals surface area contributed by atoms with Crippen LogP contribution in [0.4, 0.5) is 17.8 Å². The maximum absolute atomic E-state index is 14.7. The second kappa shape index (κ2) is 27.2. The molecule has 7 rings (SSSR count). The van der Waals surface area contributed by atoms with E-state index in [-0.39, 0.29) is 55.3 Å². The number of aromatic amines is 1. The zero-order valence-corrected chi connectivity index (χ0v) is 42.6. The first-order valence-corrected chi connectivity index (χ1v) is 24.8. The SMILES string of the molecule is C#CCOCCOCCOCCNc1nc(N2CCN(C(=O)C(Cc3cc4ccccc4[nH]3)n3cc(C(N)C(C)CC)nn3)CC2)nc(N2CCN(C(=O)C(C(C)CC)n3cc(C(N)CO)nn3)CC2)n1.[Cl-]. The smallest absolute Gasteiger partial charge is 0.248 e. The number of nitrogens with one attached hydrogen (secondary N) is 2. The van der Waals surface area contributed by atoms with Gasteiger partial charge in [-0.1, -0.05) is 75.1 Å². The molecule has 7 N–H and O–H groups in total. The molecule has 6 unspecified atom stereocenters. The number of carbonyl (C=O) groups is 2. The Bertz CT molecular complexity index is 2470. The van der Waals surface area contributed by atoms with Gasteiger partial charge in [0.15, 0.2) is 0 Å². The van der Waals surface area contributed by atoms with Crippen molar-refractivity contribution in [1.82, 2.24) is 59.7 Å². The first kappa shape index (κ1) is 55.3. The number of para-hydroxylation sites is 1. The maximum atomic E-state index is 14.7. The van der Waals surface area contributed by atoms with Crippen molar-refractivity contribution in [2.75, 3.05) is 120 Å². The fourth-order valence-electron chi connectivity index (χ4n) is 8.59. The van der Waals surface area contributed by atoms with E-state index in [1.54, 1.807) is 15.6 Å². The van der Waals surface area contributed by atoms with Crippen molar-refractivity contribution in [1.29, 1.82) is 0 Å². The number of aromatic nitrogens is 10. The first-order valence-electron chi connectivity index (χ1n) is 24.8. The Hall–Kier alpha value is -6.00. The van der Waals surface area contributed by atoms with E-state index in [2.05, 4.69) is 66.6 Å². The lowest BCUT2D eigenvalue weighted by molar-refractivity contribution is -0.137. The number of aliphatic hydroxyl groups excluding tert-OH is 1. The number of aliphatic hydroxyl groups is 1. The van der Waals surface area contributed by atoms with Crippen LogP contribution >= 0.6 is 0 Å². The van der Waals surface area contributed by atoms with Gasteiger partial charge in [-0.25, -0.2) is 9.36 Å². The number of halogens is 1. The summed E-state index contributed by atoms with van der Waals surface area (Å²) in [5.41, 5.74) is 15.6. The quantitative estimate of drug-likeness (QED) is 0.0320. The van der Waals surface area contributed by atoms with Crippen molar-refractivity contribution in [3.05, 3.63) is 59.8 Å². The summed E-state index contributed by atoms with van der Waals surface area (Å²) in [5.74, 6) is 3.77. The lowest BCUT2D eigenvalue weighted by Crippen LogP contribution is -3.00. The van der Waals surface area contributed by atoms with Crippen LogP contribution in [0.1, 0.15) is 81.8 Å². The lowest BCUT2D eigenvalue weighted by atomic mass is 9.97. The van der Waals surface area contributed by atoms with E-state index in [9.17, 15) is 14.7 Å². The van der Waals surface area contributed by atoms with E-state index in [0.717, 1.165) is 29.4 Å². The normalized spacial score (nSPS) is 16.7. The van der Waals surface area contributed by atoms with E-state index in [4.69, 9.17) is 47.1 Å². The van der Waals surface area contributed by atoms with E-state index < -0.39 is 18.1 Å². The number of nitrogens with zero attached hydrogens (tertiary/aromatic N) is 13. The Balaban J connectivity index is 0.00000847. The highest BCUT2D eigenvalue weighted by Gasteiger charge is 2.35. The van der Waals surface area contributed by atoms with Gasteiger partial charge >= 0.3 is 0 Å². The number of rotatable bonds is 26. The Morgan fingerprint density at radius 2 is 1.38 bits per heavy atom. The van der Waals surface area contributed by atoms with Crippen LogP contribution in [0.3, 0.4) is 0 Å². The van der Waals surface area contributed by atoms with Crippen LogP contribution in [0.2, 0.25) is 0 Å². The fourth-order valence-corrected chi connectivity index (χ4v) is 8.59. The molecule has 6 atom stereocenters. The van der Waals surface area contributed by atoms with Gasteiger partial charge in [0, 0.05) is 76.5 Å². The van der Waals surface area contributed by atoms with Gasteiger partial charge in [0.05, 0.1) is 69.8 Å². The molecule has 72 heavy (non-hydrogen) atoms. The molecular formula is C48H71ClN17O6-. The van der Waals surface area contributed by atoms with Crippen molar-refractivity contribution in [3.8, 4) is 12.3 Å². The van der Waals surface area contributed by atoms with Gasteiger partial charge in [-0.3, -0.25) is 9.59 Å². The minimum atomic E-state index is -0.688. The number of benzene rings is 1. The van der Waals surface area contributed by atoms with Crippen molar-refractivity contribution < 1.29 is 41.3 Å². The zero-order valence-electron chi connectivity index (χ0n) is 41.9. The number of terminal acetylenes is 1. The molecule has 0 radical (unpaired) electrons. The van der Waals surface area contributed by atoms with Crippen molar-refractivity contribution >= 4 is 40.6 Å². The van der Waals surface area contributed by atoms with Crippen molar-refractivity contribution in [3.63, 3.8) is 0 Å². The molecule has 4 aromatic heterocycles. The van der Waals surface area contributed by atoms with Crippen molar-refractivity contribution in [2.45, 2.75) is 71.1 Å². The van der Waals surface area contributed by atoms with E-state index in [0.29, 0.717) is 128 Å². The molecule has 0 bridgehead atoms. The lowest BCUT2D eigenvalue weighted by Gasteiger charge is -2.38. The van der Waals surface area contributed by atoms with Gasteiger partial charge in [-0.15, -0.1) is 16.6 Å². The number of fused-ring (bicyclic) bond motifs is 1. The summed E-state index contributed by atoms with van der Waals surface area (Å²) >= 11 is 0. The first-order chi connectivity index (χ1) is 34.5. The summed E-state index contributed by atoms with van der Waals surface area (Å²) in [6.45, 7) is 14.2. The second-order valence-corrected chi connectivity index (χ2v) is 18.2. The molecule has 0 aliphatic carbocycles. The highest BCUT2D eigenvalue weighted by Crippen LogP contribution is 2.28. The fraction of sp³-hybridized carbons (Fsp3) is 0.604. The van der Waals surface area contributed by atoms with Crippen LogP contribution < -0.4 is 39.0 Å². The van der Waals surface area contributed by atoms with E-state index in [1.807, 2.05) is 54.1 Å². The Labute approximate surface area is 427 Å². The number of piperazine rings is 2. The summed E-state index contributed by atoms with van der Waals surface area (Å²) in [6, 6.07) is 7.88. The minimum Gasteiger partial charge on any atom is -1.00 e. The molecule has 6 heterocycles. The van der Waals surface area contributed by atoms with Gasteiger partial charge < -0.3 is 73.1 Å². The Morgan fingerprint density at radius 1 is 0.792 bits per heavy atom. The number of anilines is 3. The predicted molar refractivity (Wildman–Crippen MR) is 267 cm³/mol. The average molecular weight is 1020 g/mol. The molecule has 23 nitrogen and oxygen atoms in total. The molecule has 2 saturated heterocycles.